The fourth-order valence-electron chi connectivity index (χ4n) is 3.12. The molecular formula is C19H27N3O2S. The zero-order chi connectivity index (χ0) is 18.0. The second kappa shape index (κ2) is 7.20. The maximum Gasteiger partial charge on any atom is 0.410 e. The van der Waals surface area contributed by atoms with Crippen molar-refractivity contribution in [1.82, 2.24) is 9.88 Å². The van der Waals surface area contributed by atoms with E-state index in [1.54, 1.807) is 11.3 Å². The van der Waals surface area contributed by atoms with Crippen LogP contribution in [0.25, 0.3) is 10.2 Å². The largest absolute Gasteiger partial charge is 0.444 e. The summed E-state index contributed by atoms with van der Waals surface area (Å²) in [7, 11) is 0. The number of carbonyl (C=O) groups excluding carboxylic acids is 1. The van der Waals surface area contributed by atoms with Crippen LogP contribution < -0.4 is 5.32 Å². The fraction of sp³-hybridized carbons (Fsp3) is 0.579. The smallest absolute Gasteiger partial charge is 0.410 e. The summed E-state index contributed by atoms with van der Waals surface area (Å²) in [6.07, 6.45) is 2.75. The number of aromatic nitrogens is 1. The SMILES string of the molecule is Cc1nc2cc(NC3CCCN(C(=O)OC(C)(C)C)CC3)ccc2s1. The summed E-state index contributed by atoms with van der Waals surface area (Å²) in [5.74, 6) is 0. The van der Waals surface area contributed by atoms with Crippen LogP contribution in [0, 0.1) is 6.92 Å². The van der Waals surface area contributed by atoms with E-state index < -0.39 is 5.60 Å². The number of nitrogens with one attached hydrogen (secondary N) is 1. The number of carbonyl (C=O) groups is 1. The van der Waals surface area contributed by atoms with Crippen molar-refractivity contribution in [2.24, 2.45) is 0 Å². The number of likely N-dealkylation sites (tertiary alicyclic amines) is 1. The molecule has 1 aliphatic rings. The number of aryl methyl sites for hydroxylation is 1. The third-order valence-electron chi connectivity index (χ3n) is 4.25. The molecule has 1 atom stereocenters. The van der Waals surface area contributed by atoms with Gasteiger partial charge in [-0.3, -0.25) is 0 Å². The average molecular weight is 362 g/mol. The molecule has 0 bridgehead atoms. The van der Waals surface area contributed by atoms with Gasteiger partial charge in [-0.15, -0.1) is 11.3 Å². The number of thiazole rings is 1. The number of hydrogen-bond donors (Lipinski definition) is 1. The van der Waals surface area contributed by atoms with E-state index in [-0.39, 0.29) is 6.09 Å². The molecule has 2 aromatic rings. The lowest BCUT2D eigenvalue weighted by molar-refractivity contribution is 0.0256. The predicted octanol–water partition coefficient (Wildman–Crippen LogP) is 4.81. The van der Waals surface area contributed by atoms with Gasteiger partial charge in [0, 0.05) is 24.8 Å². The third-order valence-corrected chi connectivity index (χ3v) is 5.20. The first-order chi connectivity index (χ1) is 11.8. The van der Waals surface area contributed by atoms with E-state index in [1.807, 2.05) is 32.6 Å². The molecule has 1 aromatic heterocycles. The molecule has 1 aliphatic heterocycles. The topological polar surface area (TPSA) is 54.5 Å². The van der Waals surface area contributed by atoms with Gasteiger partial charge in [-0.1, -0.05) is 0 Å². The van der Waals surface area contributed by atoms with Gasteiger partial charge in [0.05, 0.1) is 15.2 Å². The molecule has 1 saturated heterocycles. The first-order valence-corrected chi connectivity index (χ1v) is 9.73. The maximum absolute atomic E-state index is 12.3. The van der Waals surface area contributed by atoms with Crippen LogP contribution in [0.15, 0.2) is 18.2 Å². The Kier molecular flexibility index (Phi) is 5.18. The Morgan fingerprint density at radius 2 is 2.12 bits per heavy atom. The highest BCUT2D eigenvalue weighted by atomic mass is 32.1. The summed E-state index contributed by atoms with van der Waals surface area (Å²) in [6, 6.07) is 6.74. The molecule has 0 spiro atoms. The van der Waals surface area contributed by atoms with Crippen LogP contribution in [0.3, 0.4) is 0 Å². The molecule has 5 nitrogen and oxygen atoms in total. The van der Waals surface area contributed by atoms with E-state index in [1.165, 1.54) is 4.70 Å². The number of benzene rings is 1. The first kappa shape index (κ1) is 18.0. The van der Waals surface area contributed by atoms with Crippen LogP contribution in [-0.4, -0.2) is 40.7 Å². The molecule has 6 heteroatoms. The molecule has 1 amide bonds. The number of hydrogen-bond acceptors (Lipinski definition) is 5. The van der Waals surface area contributed by atoms with E-state index in [4.69, 9.17) is 4.74 Å². The van der Waals surface area contributed by atoms with Crippen LogP contribution in [0.2, 0.25) is 0 Å². The zero-order valence-corrected chi connectivity index (χ0v) is 16.3. The summed E-state index contributed by atoms with van der Waals surface area (Å²) in [5.41, 5.74) is 1.72. The lowest BCUT2D eigenvalue weighted by Crippen LogP contribution is -2.37. The summed E-state index contributed by atoms with van der Waals surface area (Å²) < 4.78 is 6.72. The van der Waals surface area contributed by atoms with Crippen LogP contribution in [0.1, 0.15) is 45.0 Å². The minimum Gasteiger partial charge on any atom is -0.444 e. The van der Waals surface area contributed by atoms with E-state index in [0.717, 1.165) is 48.6 Å². The van der Waals surface area contributed by atoms with Gasteiger partial charge in [-0.2, -0.15) is 0 Å². The van der Waals surface area contributed by atoms with Crippen LogP contribution in [0.5, 0.6) is 0 Å². The molecule has 0 aliphatic carbocycles. The lowest BCUT2D eigenvalue weighted by atomic mass is 10.1. The maximum atomic E-state index is 12.3. The van der Waals surface area contributed by atoms with E-state index in [9.17, 15) is 4.79 Å². The predicted molar refractivity (Wildman–Crippen MR) is 103 cm³/mol. The second-order valence-corrected chi connectivity index (χ2v) is 8.89. The Morgan fingerprint density at radius 1 is 1.32 bits per heavy atom. The molecule has 136 valence electrons. The number of rotatable bonds is 2. The highest BCUT2D eigenvalue weighted by molar-refractivity contribution is 7.18. The van der Waals surface area contributed by atoms with Crippen LogP contribution in [-0.2, 0) is 4.74 Å². The van der Waals surface area contributed by atoms with Crippen molar-refractivity contribution in [2.45, 2.75) is 58.6 Å². The number of amides is 1. The normalized spacial score (nSPS) is 18.9. The van der Waals surface area contributed by atoms with E-state index in [0.29, 0.717) is 6.04 Å². The number of ether oxygens (including phenoxy) is 1. The Hall–Kier alpha value is -1.82. The highest BCUT2D eigenvalue weighted by Gasteiger charge is 2.25. The van der Waals surface area contributed by atoms with Crippen molar-refractivity contribution < 1.29 is 9.53 Å². The molecule has 0 saturated carbocycles. The van der Waals surface area contributed by atoms with Gasteiger partial charge in [-0.25, -0.2) is 9.78 Å². The van der Waals surface area contributed by atoms with Crippen molar-refractivity contribution in [2.75, 3.05) is 18.4 Å². The summed E-state index contributed by atoms with van der Waals surface area (Å²) in [5, 5.41) is 4.71. The van der Waals surface area contributed by atoms with Gasteiger partial charge >= 0.3 is 6.09 Å². The summed E-state index contributed by atoms with van der Waals surface area (Å²) in [6.45, 7) is 9.24. The van der Waals surface area contributed by atoms with Crippen molar-refractivity contribution >= 4 is 33.3 Å². The van der Waals surface area contributed by atoms with Crippen molar-refractivity contribution in [3.8, 4) is 0 Å². The van der Waals surface area contributed by atoms with Gasteiger partial charge in [0.2, 0.25) is 0 Å². The van der Waals surface area contributed by atoms with Gasteiger partial charge in [0.15, 0.2) is 0 Å². The lowest BCUT2D eigenvalue weighted by Gasteiger charge is -2.26. The minimum atomic E-state index is -0.442. The quantitative estimate of drug-likeness (QED) is 0.834. The first-order valence-electron chi connectivity index (χ1n) is 8.92. The number of fused-ring (bicyclic) bond motifs is 1. The number of anilines is 1. The molecular weight excluding hydrogens is 334 g/mol. The molecule has 2 heterocycles. The summed E-state index contributed by atoms with van der Waals surface area (Å²) in [4.78, 5) is 18.7. The van der Waals surface area contributed by atoms with E-state index in [2.05, 4.69) is 28.5 Å². The third kappa shape index (κ3) is 4.84. The molecule has 1 N–H and O–H groups in total. The molecule has 1 aromatic carbocycles. The van der Waals surface area contributed by atoms with Gasteiger partial charge < -0.3 is 15.0 Å². The van der Waals surface area contributed by atoms with Crippen molar-refractivity contribution in [3.63, 3.8) is 0 Å². The Morgan fingerprint density at radius 3 is 2.88 bits per heavy atom. The Labute approximate surface area is 153 Å². The van der Waals surface area contributed by atoms with E-state index >= 15 is 0 Å². The molecule has 25 heavy (non-hydrogen) atoms. The molecule has 1 fully saturated rings. The van der Waals surface area contributed by atoms with Gasteiger partial charge in [0.1, 0.15) is 5.60 Å². The van der Waals surface area contributed by atoms with Crippen molar-refractivity contribution in [1.29, 1.82) is 0 Å². The molecule has 1 unspecified atom stereocenters. The zero-order valence-electron chi connectivity index (χ0n) is 15.5. The molecule has 0 radical (unpaired) electrons. The van der Waals surface area contributed by atoms with Gasteiger partial charge in [-0.05, 0) is 65.2 Å². The van der Waals surface area contributed by atoms with Crippen LogP contribution in [0.4, 0.5) is 10.5 Å². The number of nitrogens with zero attached hydrogens (tertiary/aromatic N) is 2. The fourth-order valence-corrected chi connectivity index (χ4v) is 3.93. The van der Waals surface area contributed by atoms with Crippen LogP contribution >= 0.6 is 11.3 Å². The highest BCUT2D eigenvalue weighted by Crippen LogP contribution is 2.26. The average Bonchev–Trinajstić information content (AvgIpc) is 2.72. The standard InChI is InChI=1S/C19H27N3O2S/c1-13-20-16-12-15(7-8-17(16)25-13)21-14-6-5-10-22(11-9-14)18(23)24-19(2,3)4/h7-8,12,14,21H,5-6,9-11H2,1-4H3. The Balaban J connectivity index is 1.59. The second-order valence-electron chi connectivity index (χ2n) is 7.65. The molecule has 3 rings (SSSR count). The monoisotopic (exact) mass is 361 g/mol. The van der Waals surface area contributed by atoms with Gasteiger partial charge in [0.25, 0.3) is 0 Å². The Bertz CT molecular complexity index is 751. The summed E-state index contributed by atoms with van der Waals surface area (Å²) >= 11 is 1.72. The minimum absolute atomic E-state index is 0.201. The van der Waals surface area contributed by atoms with Crippen molar-refractivity contribution in [3.05, 3.63) is 23.2 Å².